The van der Waals surface area contributed by atoms with Crippen molar-refractivity contribution in [3.63, 3.8) is 0 Å². The minimum absolute atomic E-state index is 0.00566. The minimum Gasteiger partial charge on any atom is -0.293 e. The summed E-state index contributed by atoms with van der Waals surface area (Å²) in [5, 5.41) is 0. The number of halogens is 1. The highest BCUT2D eigenvalue weighted by molar-refractivity contribution is 14.1. The SMILES string of the molecule is CCCCCN1[SiH2]N(CCC)C1I. The van der Waals surface area contributed by atoms with Crippen LogP contribution in [-0.2, 0) is 0 Å². The van der Waals surface area contributed by atoms with E-state index in [1.807, 2.05) is 0 Å². The molecule has 0 amide bonds. The van der Waals surface area contributed by atoms with Gasteiger partial charge >= 0.3 is 0 Å². The number of rotatable bonds is 6. The van der Waals surface area contributed by atoms with Gasteiger partial charge in [0.2, 0.25) is 0 Å². The second kappa shape index (κ2) is 6.37. The van der Waals surface area contributed by atoms with Crippen LogP contribution in [0.1, 0.15) is 39.5 Å². The van der Waals surface area contributed by atoms with Gasteiger partial charge in [-0.25, -0.2) is 0 Å². The quantitative estimate of drug-likeness (QED) is 0.243. The van der Waals surface area contributed by atoms with Gasteiger partial charge < -0.3 is 0 Å². The zero-order chi connectivity index (χ0) is 9.68. The van der Waals surface area contributed by atoms with Gasteiger partial charge in [-0.15, -0.1) is 0 Å². The van der Waals surface area contributed by atoms with Crippen molar-refractivity contribution in [2.24, 2.45) is 0 Å². The molecule has 1 fully saturated rings. The Morgan fingerprint density at radius 1 is 1.08 bits per heavy atom. The molecule has 1 unspecified atom stereocenters. The van der Waals surface area contributed by atoms with E-state index in [4.69, 9.17) is 0 Å². The van der Waals surface area contributed by atoms with Crippen molar-refractivity contribution in [2.45, 2.75) is 43.7 Å². The molecule has 1 saturated heterocycles. The molecular weight excluding hydrogens is 291 g/mol. The molecule has 0 radical (unpaired) electrons. The largest absolute Gasteiger partial charge is 0.293 e. The lowest BCUT2D eigenvalue weighted by atomic mass is 10.2. The monoisotopic (exact) mass is 312 g/mol. The molecule has 0 spiro atoms. The van der Waals surface area contributed by atoms with Crippen LogP contribution in [0.15, 0.2) is 0 Å². The third-order valence-electron chi connectivity index (χ3n) is 2.53. The topological polar surface area (TPSA) is 6.48 Å². The molecule has 0 aromatic heterocycles. The summed E-state index contributed by atoms with van der Waals surface area (Å²) < 4.78 is 6.11. The van der Waals surface area contributed by atoms with E-state index < -0.39 is 0 Å². The Morgan fingerprint density at radius 2 is 1.77 bits per heavy atom. The van der Waals surface area contributed by atoms with Crippen molar-refractivity contribution in [2.75, 3.05) is 13.1 Å². The summed E-state index contributed by atoms with van der Waals surface area (Å²) in [6, 6.07) is 0. The van der Waals surface area contributed by atoms with Gasteiger partial charge in [0.1, 0.15) is 4.17 Å². The van der Waals surface area contributed by atoms with Crippen molar-refractivity contribution < 1.29 is 0 Å². The summed E-state index contributed by atoms with van der Waals surface area (Å²) >= 11 is 2.58. The van der Waals surface area contributed by atoms with E-state index in [0.717, 1.165) is 4.17 Å². The van der Waals surface area contributed by atoms with Crippen LogP contribution in [0.2, 0.25) is 0 Å². The molecule has 1 aliphatic heterocycles. The molecule has 78 valence electrons. The van der Waals surface area contributed by atoms with E-state index in [1.165, 1.54) is 38.8 Å². The van der Waals surface area contributed by atoms with Gasteiger partial charge in [0.15, 0.2) is 9.84 Å². The van der Waals surface area contributed by atoms with Gasteiger partial charge in [0, 0.05) is 0 Å². The van der Waals surface area contributed by atoms with Crippen LogP contribution in [0, 0.1) is 0 Å². The first-order valence-corrected chi connectivity index (χ1v) is 7.92. The van der Waals surface area contributed by atoms with Gasteiger partial charge in [-0.05, 0) is 48.5 Å². The van der Waals surface area contributed by atoms with E-state index in [9.17, 15) is 0 Å². The van der Waals surface area contributed by atoms with Crippen molar-refractivity contribution >= 4 is 32.4 Å². The molecule has 2 nitrogen and oxygen atoms in total. The van der Waals surface area contributed by atoms with Gasteiger partial charge in [-0.3, -0.25) is 9.13 Å². The lowest BCUT2D eigenvalue weighted by Crippen LogP contribution is -2.63. The molecule has 0 bridgehead atoms. The predicted molar refractivity (Wildman–Crippen MR) is 69.6 cm³/mol. The maximum Gasteiger partial charge on any atom is 0.176 e. The molecule has 1 aliphatic rings. The highest BCUT2D eigenvalue weighted by atomic mass is 127. The summed E-state index contributed by atoms with van der Waals surface area (Å²) in [4.78, 5) is 0. The molecule has 13 heavy (non-hydrogen) atoms. The van der Waals surface area contributed by atoms with Crippen LogP contribution in [0.3, 0.4) is 0 Å². The first-order chi connectivity index (χ1) is 6.29. The highest BCUT2D eigenvalue weighted by Crippen LogP contribution is 2.22. The second-order valence-corrected chi connectivity index (χ2v) is 6.81. The van der Waals surface area contributed by atoms with Crippen LogP contribution in [0.5, 0.6) is 0 Å². The van der Waals surface area contributed by atoms with E-state index in [1.54, 1.807) is 0 Å². The molecule has 0 aliphatic carbocycles. The van der Waals surface area contributed by atoms with E-state index in [-0.39, 0.29) is 9.84 Å². The van der Waals surface area contributed by atoms with Crippen molar-refractivity contribution in [1.29, 1.82) is 0 Å². The van der Waals surface area contributed by atoms with E-state index in [2.05, 4.69) is 45.6 Å². The zero-order valence-electron chi connectivity index (χ0n) is 8.80. The number of hydrogen-bond donors (Lipinski definition) is 0. The fourth-order valence-corrected chi connectivity index (χ4v) is 5.04. The van der Waals surface area contributed by atoms with Crippen LogP contribution in [0.25, 0.3) is 0 Å². The first-order valence-electron chi connectivity index (χ1n) is 5.41. The molecular formula is C9H21IN2Si. The smallest absolute Gasteiger partial charge is 0.176 e. The lowest BCUT2D eigenvalue weighted by molar-refractivity contribution is 0.181. The van der Waals surface area contributed by atoms with Crippen molar-refractivity contribution in [1.82, 2.24) is 9.13 Å². The van der Waals surface area contributed by atoms with Crippen molar-refractivity contribution in [3.05, 3.63) is 0 Å². The number of alkyl halides is 1. The van der Waals surface area contributed by atoms with Crippen LogP contribution in [0.4, 0.5) is 0 Å². The van der Waals surface area contributed by atoms with Crippen LogP contribution in [-0.4, -0.2) is 36.2 Å². The molecule has 0 aromatic rings. The number of nitrogens with zero attached hydrogens (tertiary/aromatic N) is 2. The molecule has 1 rings (SSSR count). The summed E-state index contributed by atoms with van der Waals surface area (Å²) in [6.07, 6.45) is 5.47. The highest BCUT2D eigenvalue weighted by Gasteiger charge is 2.32. The summed E-state index contributed by atoms with van der Waals surface area (Å²) in [5.41, 5.74) is 0. The average Bonchev–Trinajstić information content (AvgIpc) is 2.15. The second-order valence-electron chi connectivity index (χ2n) is 3.78. The van der Waals surface area contributed by atoms with E-state index >= 15 is 0 Å². The van der Waals surface area contributed by atoms with Gasteiger partial charge in [-0.1, -0.05) is 26.7 Å². The molecule has 0 saturated carbocycles. The van der Waals surface area contributed by atoms with Crippen LogP contribution < -0.4 is 0 Å². The van der Waals surface area contributed by atoms with Gasteiger partial charge in [0.25, 0.3) is 0 Å². The first kappa shape index (κ1) is 11.9. The number of unbranched alkanes of at least 4 members (excludes halogenated alkanes) is 2. The molecule has 0 aromatic carbocycles. The zero-order valence-corrected chi connectivity index (χ0v) is 12.4. The fraction of sp³-hybridized carbons (Fsp3) is 1.00. The third kappa shape index (κ3) is 3.49. The average molecular weight is 312 g/mol. The molecule has 4 heteroatoms. The predicted octanol–water partition coefficient (Wildman–Crippen LogP) is 1.92. The van der Waals surface area contributed by atoms with Crippen LogP contribution >= 0.6 is 22.6 Å². The Hall–Kier alpha value is 0.867. The Morgan fingerprint density at radius 3 is 2.31 bits per heavy atom. The molecule has 0 N–H and O–H groups in total. The summed E-state index contributed by atoms with van der Waals surface area (Å²) in [6.45, 7) is 7.23. The maximum absolute atomic E-state index is 2.70. The molecule has 1 heterocycles. The normalized spacial score (nSPS) is 26.5. The minimum atomic E-state index is 0.00566. The summed E-state index contributed by atoms with van der Waals surface area (Å²) in [7, 11) is 0.00566. The summed E-state index contributed by atoms with van der Waals surface area (Å²) in [5.74, 6) is 0. The third-order valence-corrected chi connectivity index (χ3v) is 7.64. The van der Waals surface area contributed by atoms with E-state index in [0.29, 0.717) is 0 Å². The van der Waals surface area contributed by atoms with Gasteiger partial charge in [-0.2, -0.15) is 0 Å². The van der Waals surface area contributed by atoms with Gasteiger partial charge in [0.05, 0.1) is 0 Å². The Bertz CT molecular complexity index is 144. The number of hydrogen-bond acceptors (Lipinski definition) is 2. The maximum atomic E-state index is 2.70. The van der Waals surface area contributed by atoms with Crippen molar-refractivity contribution in [3.8, 4) is 0 Å². The Labute approximate surface area is 98.2 Å². The Kier molecular flexibility index (Phi) is 5.85. The molecule has 1 atom stereocenters. The standard InChI is InChI=1S/C9H21IN2Si/c1-3-5-6-8-12-9(10)11(13-12)7-4-2/h9H,3-8,13H2,1-2H3. The lowest BCUT2D eigenvalue weighted by Gasteiger charge is -2.48. The fourth-order valence-electron chi connectivity index (χ4n) is 1.71. The Balaban J connectivity index is 2.05.